The van der Waals surface area contributed by atoms with E-state index in [2.05, 4.69) is 49.3 Å². The molecule has 0 aliphatic carbocycles. The third kappa shape index (κ3) is 1.92. The Morgan fingerprint density at radius 1 is 1.21 bits per heavy atom. The zero-order valence-electron chi connectivity index (χ0n) is 11.6. The summed E-state index contributed by atoms with van der Waals surface area (Å²) >= 11 is 1.70. The monoisotopic (exact) mass is 271 g/mol. The van der Waals surface area contributed by atoms with Gasteiger partial charge in [0.1, 0.15) is 0 Å². The summed E-state index contributed by atoms with van der Waals surface area (Å²) in [5.41, 5.74) is 5.95. The number of nitrogens with one attached hydrogen (secondary N) is 2. The molecule has 0 aliphatic rings. The van der Waals surface area contributed by atoms with Gasteiger partial charge in [-0.3, -0.25) is 0 Å². The standard InChI is InChI=1S/C15H17N3S/c1-8-5-6-11-12(7-8)17-9(2)13(11)14-10(3)19-15(16-4)18-14/h5-7,17H,1-4H3,(H,16,18). The van der Waals surface area contributed by atoms with Crippen molar-refractivity contribution in [3.63, 3.8) is 0 Å². The molecule has 0 amide bonds. The number of nitrogens with zero attached hydrogens (tertiary/aromatic N) is 1. The van der Waals surface area contributed by atoms with E-state index in [0.29, 0.717) is 0 Å². The van der Waals surface area contributed by atoms with E-state index < -0.39 is 0 Å². The van der Waals surface area contributed by atoms with Crippen LogP contribution >= 0.6 is 11.3 Å². The van der Waals surface area contributed by atoms with Gasteiger partial charge in [0, 0.05) is 34.1 Å². The number of thiazole rings is 1. The molecule has 0 spiro atoms. The average Bonchev–Trinajstić information content (AvgIpc) is 2.88. The molecule has 3 aromatic rings. The van der Waals surface area contributed by atoms with Crippen LogP contribution in [0.15, 0.2) is 18.2 Å². The Labute approximate surface area is 116 Å². The van der Waals surface area contributed by atoms with Crippen LogP contribution in [0, 0.1) is 20.8 Å². The van der Waals surface area contributed by atoms with E-state index in [0.717, 1.165) is 10.8 Å². The van der Waals surface area contributed by atoms with Gasteiger partial charge in [-0.1, -0.05) is 12.1 Å². The molecule has 3 rings (SSSR count). The van der Waals surface area contributed by atoms with Gasteiger partial charge in [0.2, 0.25) is 0 Å². The molecule has 3 nitrogen and oxygen atoms in total. The van der Waals surface area contributed by atoms with Gasteiger partial charge in [0.25, 0.3) is 0 Å². The first-order valence-corrected chi connectivity index (χ1v) is 7.16. The lowest BCUT2D eigenvalue weighted by molar-refractivity contribution is 1.27. The van der Waals surface area contributed by atoms with Crippen LogP contribution in [-0.4, -0.2) is 17.0 Å². The molecule has 0 saturated carbocycles. The fourth-order valence-corrected chi connectivity index (χ4v) is 3.26. The van der Waals surface area contributed by atoms with Gasteiger partial charge >= 0.3 is 0 Å². The van der Waals surface area contributed by atoms with Crippen molar-refractivity contribution in [3.05, 3.63) is 34.3 Å². The summed E-state index contributed by atoms with van der Waals surface area (Å²) in [4.78, 5) is 9.40. The van der Waals surface area contributed by atoms with Crippen molar-refractivity contribution >= 4 is 27.4 Å². The molecule has 4 heteroatoms. The minimum atomic E-state index is 0.966. The molecule has 19 heavy (non-hydrogen) atoms. The molecule has 1 aromatic carbocycles. The number of benzene rings is 1. The summed E-state index contributed by atoms with van der Waals surface area (Å²) in [6.07, 6.45) is 0. The number of hydrogen-bond acceptors (Lipinski definition) is 3. The molecule has 0 atom stereocenters. The molecule has 0 aliphatic heterocycles. The first kappa shape index (κ1) is 12.2. The van der Waals surface area contributed by atoms with Crippen molar-refractivity contribution in [3.8, 4) is 11.3 Å². The first-order chi connectivity index (χ1) is 9.10. The van der Waals surface area contributed by atoms with Gasteiger partial charge in [0.15, 0.2) is 5.13 Å². The van der Waals surface area contributed by atoms with E-state index in [1.165, 1.54) is 32.6 Å². The van der Waals surface area contributed by atoms with Gasteiger partial charge in [-0.05, 0) is 32.4 Å². The number of fused-ring (bicyclic) bond motifs is 1. The van der Waals surface area contributed by atoms with Crippen LogP contribution in [-0.2, 0) is 0 Å². The van der Waals surface area contributed by atoms with Crippen LogP contribution in [0.25, 0.3) is 22.2 Å². The summed E-state index contributed by atoms with van der Waals surface area (Å²) in [5, 5.41) is 5.34. The summed E-state index contributed by atoms with van der Waals surface area (Å²) in [6.45, 7) is 6.35. The van der Waals surface area contributed by atoms with E-state index in [4.69, 9.17) is 4.98 Å². The fraction of sp³-hybridized carbons (Fsp3) is 0.267. The quantitative estimate of drug-likeness (QED) is 0.731. The Balaban J connectivity index is 2.29. The van der Waals surface area contributed by atoms with E-state index >= 15 is 0 Å². The van der Waals surface area contributed by atoms with E-state index in [-0.39, 0.29) is 0 Å². The summed E-state index contributed by atoms with van der Waals surface area (Å²) in [6, 6.07) is 6.52. The van der Waals surface area contributed by atoms with E-state index in [1.54, 1.807) is 11.3 Å². The summed E-state index contributed by atoms with van der Waals surface area (Å²) < 4.78 is 0. The molecule has 0 saturated heterocycles. The van der Waals surface area contributed by atoms with Crippen LogP contribution in [0.4, 0.5) is 5.13 Å². The number of aromatic nitrogens is 2. The SMILES string of the molecule is CNc1nc(-c2c(C)[nH]c3cc(C)ccc23)c(C)s1. The van der Waals surface area contributed by atoms with Gasteiger partial charge in [0.05, 0.1) is 5.69 Å². The molecule has 2 heterocycles. The topological polar surface area (TPSA) is 40.7 Å². The largest absolute Gasteiger partial charge is 0.365 e. The molecule has 2 N–H and O–H groups in total. The van der Waals surface area contributed by atoms with Crippen molar-refractivity contribution in [2.75, 3.05) is 12.4 Å². The molecule has 0 unspecified atom stereocenters. The van der Waals surface area contributed by atoms with Crippen LogP contribution in [0.5, 0.6) is 0 Å². The molecule has 0 radical (unpaired) electrons. The molecule has 0 bridgehead atoms. The smallest absolute Gasteiger partial charge is 0.183 e. The lowest BCUT2D eigenvalue weighted by Crippen LogP contribution is -1.87. The minimum absolute atomic E-state index is 0.966. The summed E-state index contributed by atoms with van der Waals surface area (Å²) in [7, 11) is 1.91. The summed E-state index contributed by atoms with van der Waals surface area (Å²) in [5.74, 6) is 0. The first-order valence-electron chi connectivity index (χ1n) is 6.34. The molecule has 98 valence electrons. The Bertz CT molecular complexity index is 752. The predicted octanol–water partition coefficient (Wildman–Crippen LogP) is 4.26. The maximum absolute atomic E-state index is 4.69. The lowest BCUT2D eigenvalue weighted by atomic mass is 10.1. The van der Waals surface area contributed by atoms with Gasteiger partial charge in [-0.15, -0.1) is 11.3 Å². The normalized spacial score (nSPS) is 11.2. The number of aryl methyl sites for hydroxylation is 3. The Morgan fingerprint density at radius 2 is 2.00 bits per heavy atom. The highest BCUT2D eigenvalue weighted by Crippen LogP contribution is 2.37. The predicted molar refractivity (Wildman–Crippen MR) is 83.2 cm³/mol. The highest BCUT2D eigenvalue weighted by atomic mass is 32.1. The molecular weight excluding hydrogens is 254 g/mol. The molecule has 2 aromatic heterocycles. The number of hydrogen-bond donors (Lipinski definition) is 2. The molecular formula is C15H17N3S. The van der Waals surface area contributed by atoms with Crippen molar-refractivity contribution in [2.45, 2.75) is 20.8 Å². The zero-order chi connectivity index (χ0) is 13.6. The Kier molecular flexibility index (Phi) is 2.82. The van der Waals surface area contributed by atoms with Crippen LogP contribution in [0.2, 0.25) is 0 Å². The Hall–Kier alpha value is -1.81. The zero-order valence-corrected chi connectivity index (χ0v) is 12.4. The number of H-pyrrole nitrogens is 1. The van der Waals surface area contributed by atoms with Crippen molar-refractivity contribution in [2.24, 2.45) is 0 Å². The minimum Gasteiger partial charge on any atom is -0.365 e. The van der Waals surface area contributed by atoms with Gasteiger partial charge in [-0.2, -0.15) is 0 Å². The fourth-order valence-electron chi connectivity index (χ4n) is 2.49. The third-order valence-electron chi connectivity index (χ3n) is 3.39. The van der Waals surface area contributed by atoms with Crippen molar-refractivity contribution in [1.82, 2.24) is 9.97 Å². The second kappa shape index (κ2) is 4.38. The second-order valence-electron chi connectivity index (χ2n) is 4.85. The number of rotatable bonds is 2. The lowest BCUT2D eigenvalue weighted by Gasteiger charge is -1.99. The third-order valence-corrected chi connectivity index (χ3v) is 4.38. The van der Waals surface area contributed by atoms with Crippen LogP contribution in [0.1, 0.15) is 16.1 Å². The number of aromatic amines is 1. The second-order valence-corrected chi connectivity index (χ2v) is 6.05. The van der Waals surface area contributed by atoms with E-state index in [1.807, 2.05) is 7.05 Å². The maximum Gasteiger partial charge on any atom is 0.183 e. The van der Waals surface area contributed by atoms with E-state index in [9.17, 15) is 0 Å². The van der Waals surface area contributed by atoms with Crippen LogP contribution in [0.3, 0.4) is 0 Å². The highest BCUT2D eigenvalue weighted by Gasteiger charge is 2.16. The number of anilines is 1. The van der Waals surface area contributed by atoms with Crippen molar-refractivity contribution in [1.29, 1.82) is 0 Å². The van der Waals surface area contributed by atoms with Gasteiger partial charge in [-0.25, -0.2) is 4.98 Å². The van der Waals surface area contributed by atoms with Crippen molar-refractivity contribution < 1.29 is 0 Å². The maximum atomic E-state index is 4.69. The van der Waals surface area contributed by atoms with Crippen LogP contribution < -0.4 is 5.32 Å². The highest BCUT2D eigenvalue weighted by molar-refractivity contribution is 7.16. The van der Waals surface area contributed by atoms with Gasteiger partial charge < -0.3 is 10.3 Å². The molecule has 0 fully saturated rings. The average molecular weight is 271 g/mol. The Morgan fingerprint density at radius 3 is 2.68 bits per heavy atom.